The maximum Gasteiger partial charge on any atom is 0.249 e. The summed E-state index contributed by atoms with van der Waals surface area (Å²) in [5.41, 5.74) is 2.36. The van der Waals surface area contributed by atoms with Crippen LogP contribution in [0.25, 0.3) is 0 Å². The van der Waals surface area contributed by atoms with Crippen molar-refractivity contribution in [1.29, 1.82) is 0 Å². The number of nitrogens with one attached hydrogen (secondary N) is 1. The minimum Gasteiger partial charge on any atom is -0.472 e. The third kappa shape index (κ3) is 4.14. The van der Waals surface area contributed by atoms with Gasteiger partial charge in [-0.3, -0.25) is 14.7 Å². The Morgan fingerprint density at radius 1 is 1.27 bits per heavy atom. The fraction of sp³-hybridized carbons (Fsp3) is 0.500. The van der Waals surface area contributed by atoms with Crippen LogP contribution in [-0.2, 0) is 22.5 Å². The predicted molar refractivity (Wildman–Crippen MR) is 96.3 cm³/mol. The van der Waals surface area contributed by atoms with Crippen LogP contribution in [0.3, 0.4) is 0 Å². The molecule has 0 bridgehead atoms. The number of amides is 1. The molecule has 3 atom stereocenters. The van der Waals surface area contributed by atoms with Gasteiger partial charge in [-0.2, -0.15) is 0 Å². The standard InChI is InChI=1S/C20H25N3O3/c24-20(22-8-3-15-1-6-21-7-2-15)18-11-17-4-9-23(13-19(17)26-18)12-16-5-10-25-14-16/h1-2,5-7,10,14,17-19H,3-4,8-9,11-13H2,(H,22,24)/t17-,18-,19-/m0/s1. The van der Waals surface area contributed by atoms with Gasteiger partial charge >= 0.3 is 0 Å². The van der Waals surface area contributed by atoms with Crippen molar-refractivity contribution in [3.05, 3.63) is 54.2 Å². The predicted octanol–water partition coefficient (Wildman–Crippen LogP) is 2.01. The molecule has 0 saturated carbocycles. The number of piperidine rings is 1. The number of aromatic nitrogens is 1. The largest absolute Gasteiger partial charge is 0.472 e. The van der Waals surface area contributed by atoms with E-state index in [1.807, 2.05) is 18.2 Å². The van der Waals surface area contributed by atoms with Crippen molar-refractivity contribution in [2.75, 3.05) is 19.6 Å². The Balaban J connectivity index is 1.23. The molecule has 0 unspecified atom stereocenters. The second-order valence-electron chi connectivity index (χ2n) is 7.21. The monoisotopic (exact) mass is 355 g/mol. The molecule has 0 aliphatic carbocycles. The van der Waals surface area contributed by atoms with Gasteiger partial charge in [0.05, 0.1) is 18.6 Å². The van der Waals surface area contributed by atoms with Crippen molar-refractivity contribution in [3.63, 3.8) is 0 Å². The first-order valence-electron chi connectivity index (χ1n) is 9.33. The Hall–Kier alpha value is -2.18. The van der Waals surface area contributed by atoms with Crippen LogP contribution in [0.1, 0.15) is 24.0 Å². The smallest absolute Gasteiger partial charge is 0.249 e. The fourth-order valence-corrected chi connectivity index (χ4v) is 3.94. The number of carbonyl (C=O) groups is 1. The number of furan rings is 1. The summed E-state index contributed by atoms with van der Waals surface area (Å²) >= 11 is 0. The van der Waals surface area contributed by atoms with E-state index >= 15 is 0 Å². The molecule has 2 aliphatic rings. The van der Waals surface area contributed by atoms with Gasteiger partial charge in [0, 0.05) is 37.6 Å². The number of hydrogen-bond donors (Lipinski definition) is 1. The van der Waals surface area contributed by atoms with Gasteiger partial charge in [0.25, 0.3) is 0 Å². The molecule has 0 radical (unpaired) electrons. The summed E-state index contributed by atoms with van der Waals surface area (Å²) in [7, 11) is 0. The van der Waals surface area contributed by atoms with E-state index in [2.05, 4.69) is 15.2 Å². The molecule has 2 aromatic rings. The molecular formula is C20H25N3O3. The molecule has 1 N–H and O–H groups in total. The molecule has 26 heavy (non-hydrogen) atoms. The van der Waals surface area contributed by atoms with Crippen LogP contribution in [0, 0.1) is 5.92 Å². The Bertz CT molecular complexity index is 704. The van der Waals surface area contributed by atoms with Crippen LogP contribution < -0.4 is 5.32 Å². The minimum atomic E-state index is -0.309. The second kappa shape index (κ2) is 8.01. The third-order valence-electron chi connectivity index (χ3n) is 5.38. The molecule has 4 rings (SSSR count). The molecule has 0 spiro atoms. The van der Waals surface area contributed by atoms with E-state index < -0.39 is 0 Å². The van der Waals surface area contributed by atoms with Crippen LogP contribution in [0.15, 0.2) is 47.5 Å². The van der Waals surface area contributed by atoms with Crippen molar-refractivity contribution < 1.29 is 13.9 Å². The Kier molecular flexibility index (Phi) is 5.32. The number of fused-ring (bicyclic) bond motifs is 1. The van der Waals surface area contributed by atoms with Crippen LogP contribution >= 0.6 is 0 Å². The fourth-order valence-electron chi connectivity index (χ4n) is 3.94. The Labute approximate surface area is 153 Å². The van der Waals surface area contributed by atoms with Gasteiger partial charge < -0.3 is 14.5 Å². The molecule has 4 heterocycles. The van der Waals surface area contributed by atoms with E-state index in [1.165, 1.54) is 11.1 Å². The number of carbonyl (C=O) groups excluding carboxylic acids is 1. The van der Waals surface area contributed by atoms with Gasteiger partial charge in [0.2, 0.25) is 5.91 Å². The number of hydrogen-bond acceptors (Lipinski definition) is 5. The molecule has 138 valence electrons. The highest BCUT2D eigenvalue weighted by atomic mass is 16.5. The Morgan fingerprint density at radius 3 is 2.96 bits per heavy atom. The maximum atomic E-state index is 12.4. The average molecular weight is 355 g/mol. The lowest BCUT2D eigenvalue weighted by atomic mass is 9.91. The summed E-state index contributed by atoms with van der Waals surface area (Å²) in [4.78, 5) is 18.8. The highest BCUT2D eigenvalue weighted by Gasteiger charge is 2.41. The third-order valence-corrected chi connectivity index (χ3v) is 5.38. The second-order valence-corrected chi connectivity index (χ2v) is 7.21. The molecule has 6 heteroatoms. The van der Waals surface area contributed by atoms with Gasteiger partial charge in [-0.25, -0.2) is 0 Å². The molecule has 2 saturated heterocycles. The average Bonchev–Trinajstić information content (AvgIpc) is 3.32. The number of pyridine rings is 1. The number of rotatable bonds is 6. The number of likely N-dealkylation sites (tertiary alicyclic amines) is 1. The molecular weight excluding hydrogens is 330 g/mol. The summed E-state index contributed by atoms with van der Waals surface area (Å²) in [5, 5.41) is 3.02. The van der Waals surface area contributed by atoms with Crippen molar-refractivity contribution in [1.82, 2.24) is 15.2 Å². The lowest BCUT2D eigenvalue weighted by Gasteiger charge is -2.33. The minimum absolute atomic E-state index is 0.0230. The zero-order chi connectivity index (χ0) is 17.8. The van der Waals surface area contributed by atoms with Gasteiger partial charge in [0.1, 0.15) is 6.10 Å². The lowest BCUT2D eigenvalue weighted by molar-refractivity contribution is -0.132. The van der Waals surface area contributed by atoms with Crippen molar-refractivity contribution in [2.45, 2.75) is 38.0 Å². The number of ether oxygens (including phenoxy) is 1. The zero-order valence-electron chi connectivity index (χ0n) is 14.8. The topological polar surface area (TPSA) is 67.6 Å². The summed E-state index contributed by atoms with van der Waals surface area (Å²) < 4.78 is 11.2. The summed E-state index contributed by atoms with van der Waals surface area (Å²) in [6.45, 7) is 3.44. The zero-order valence-corrected chi connectivity index (χ0v) is 14.8. The highest BCUT2D eigenvalue weighted by molar-refractivity contribution is 5.81. The van der Waals surface area contributed by atoms with Crippen LogP contribution in [0.2, 0.25) is 0 Å². The molecule has 6 nitrogen and oxygen atoms in total. The quantitative estimate of drug-likeness (QED) is 0.859. The maximum absolute atomic E-state index is 12.4. The van der Waals surface area contributed by atoms with E-state index in [4.69, 9.17) is 9.15 Å². The van der Waals surface area contributed by atoms with Gasteiger partial charge in [-0.05, 0) is 55.5 Å². The van der Waals surface area contributed by atoms with Crippen LogP contribution in [0.4, 0.5) is 0 Å². The van der Waals surface area contributed by atoms with Crippen molar-refractivity contribution >= 4 is 5.91 Å². The summed E-state index contributed by atoms with van der Waals surface area (Å²) in [5.74, 6) is 0.515. The normalized spacial score (nSPS) is 25.8. The summed E-state index contributed by atoms with van der Waals surface area (Å²) in [6, 6.07) is 5.95. The van der Waals surface area contributed by atoms with Gasteiger partial charge in [-0.1, -0.05) is 0 Å². The van der Waals surface area contributed by atoms with E-state index in [-0.39, 0.29) is 18.1 Å². The summed E-state index contributed by atoms with van der Waals surface area (Å²) in [6.07, 6.45) is 9.64. The van der Waals surface area contributed by atoms with Crippen LogP contribution in [0.5, 0.6) is 0 Å². The van der Waals surface area contributed by atoms with Crippen molar-refractivity contribution in [3.8, 4) is 0 Å². The first-order chi connectivity index (χ1) is 12.8. The molecule has 2 aromatic heterocycles. The molecule has 2 fully saturated rings. The van der Waals surface area contributed by atoms with E-state index in [1.54, 1.807) is 24.9 Å². The highest BCUT2D eigenvalue weighted by Crippen LogP contribution is 2.33. The van der Waals surface area contributed by atoms with E-state index in [9.17, 15) is 4.79 Å². The first-order valence-corrected chi connectivity index (χ1v) is 9.33. The Morgan fingerprint density at radius 2 is 2.15 bits per heavy atom. The molecule has 2 aliphatic heterocycles. The van der Waals surface area contributed by atoms with Crippen molar-refractivity contribution in [2.24, 2.45) is 5.92 Å². The lowest BCUT2D eigenvalue weighted by Crippen LogP contribution is -2.42. The molecule has 1 amide bonds. The molecule has 0 aromatic carbocycles. The van der Waals surface area contributed by atoms with E-state index in [0.29, 0.717) is 12.5 Å². The van der Waals surface area contributed by atoms with E-state index in [0.717, 1.165) is 38.9 Å². The van der Waals surface area contributed by atoms with Crippen LogP contribution in [-0.4, -0.2) is 47.6 Å². The first kappa shape index (κ1) is 17.2. The van der Waals surface area contributed by atoms with Gasteiger partial charge in [0.15, 0.2) is 0 Å². The SMILES string of the molecule is O=C(NCCc1ccncc1)[C@@H]1C[C@@H]2CCN(Cc3ccoc3)C[C@@H]2O1. The number of nitrogens with zero attached hydrogens (tertiary/aromatic N) is 2. The van der Waals surface area contributed by atoms with Gasteiger partial charge in [-0.15, -0.1) is 0 Å².